The highest BCUT2D eigenvalue weighted by Crippen LogP contribution is 2.60. The van der Waals surface area contributed by atoms with E-state index in [1.54, 1.807) is 0 Å². The second-order valence-electron chi connectivity index (χ2n) is 8.07. The molecule has 4 fully saturated rings. The zero-order chi connectivity index (χ0) is 16.9. The number of rotatable bonds is 3. The molecular formula is C19H21F3O2. The monoisotopic (exact) mass is 338 g/mol. The highest BCUT2D eigenvalue weighted by molar-refractivity contribution is 5.89. The highest BCUT2D eigenvalue weighted by atomic mass is 19.4. The Balaban J connectivity index is 1.40. The first-order valence-electron chi connectivity index (χ1n) is 8.67. The van der Waals surface area contributed by atoms with Crippen LogP contribution in [-0.2, 0) is 10.9 Å². The lowest BCUT2D eigenvalue weighted by Crippen LogP contribution is -2.48. The molecule has 4 aliphatic rings. The molecule has 0 aromatic heterocycles. The summed E-state index contributed by atoms with van der Waals surface area (Å²) in [6, 6.07) is 4.26. The van der Waals surface area contributed by atoms with E-state index in [4.69, 9.17) is 4.74 Å². The Labute approximate surface area is 139 Å². The molecule has 0 atom stereocenters. The maximum Gasteiger partial charge on any atom is 0.416 e. The fraction of sp³-hybridized carbons (Fsp3) is 0.632. The quantitative estimate of drug-likeness (QED) is 0.719. The third-order valence-electron chi connectivity index (χ3n) is 6.12. The molecule has 0 heterocycles. The maximum atomic E-state index is 12.6. The van der Waals surface area contributed by atoms with Gasteiger partial charge in [0.25, 0.3) is 0 Å². The second kappa shape index (κ2) is 5.50. The number of halogens is 3. The number of benzene rings is 1. The van der Waals surface area contributed by atoms with Gasteiger partial charge in [-0.2, -0.15) is 13.2 Å². The Bertz CT molecular complexity index is 598. The van der Waals surface area contributed by atoms with E-state index in [2.05, 4.69) is 0 Å². The minimum absolute atomic E-state index is 0.121. The van der Waals surface area contributed by atoms with Crippen molar-refractivity contribution in [2.45, 2.75) is 44.7 Å². The summed E-state index contributed by atoms with van der Waals surface area (Å²) in [5.41, 5.74) is -0.441. The summed E-state index contributed by atoms with van der Waals surface area (Å²) in [7, 11) is 0. The topological polar surface area (TPSA) is 26.3 Å². The fourth-order valence-corrected chi connectivity index (χ4v) is 5.56. The Morgan fingerprint density at radius 1 is 1.00 bits per heavy atom. The summed E-state index contributed by atoms with van der Waals surface area (Å²) in [6.45, 7) is 0.413. The third-order valence-corrected chi connectivity index (χ3v) is 6.12. The molecule has 4 aliphatic carbocycles. The molecule has 0 N–H and O–H groups in total. The summed E-state index contributed by atoms with van der Waals surface area (Å²) in [4.78, 5) is 12.2. The molecule has 2 nitrogen and oxygen atoms in total. The smallest absolute Gasteiger partial charge is 0.416 e. The van der Waals surface area contributed by atoms with E-state index in [1.807, 2.05) is 0 Å². The van der Waals surface area contributed by atoms with Crippen LogP contribution in [0.15, 0.2) is 24.3 Å². The summed E-state index contributed by atoms with van der Waals surface area (Å²) in [5, 5.41) is 0. The first-order valence-corrected chi connectivity index (χ1v) is 8.67. The van der Waals surface area contributed by atoms with Gasteiger partial charge in [0.05, 0.1) is 17.7 Å². The Hall–Kier alpha value is -1.52. The Morgan fingerprint density at radius 2 is 1.50 bits per heavy atom. The van der Waals surface area contributed by atoms with E-state index >= 15 is 0 Å². The van der Waals surface area contributed by atoms with Crippen molar-refractivity contribution in [3.63, 3.8) is 0 Å². The third kappa shape index (κ3) is 2.93. The Morgan fingerprint density at radius 3 is 1.96 bits per heavy atom. The molecule has 0 amide bonds. The van der Waals surface area contributed by atoms with Crippen LogP contribution in [0.5, 0.6) is 0 Å². The molecule has 4 bridgehead atoms. The summed E-state index contributed by atoms with van der Waals surface area (Å²) in [5.74, 6) is 1.82. The van der Waals surface area contributed by atoms with Crippen LogP contribution in [0.25, 0.3) is 0 Å². The van der Waals surface area contributed by atoms with E-state index in [0.717, 1.165) is 49.1 Å². The molecule has 0 aliphatic heterocycles. The van der Waals surface area contributed by atoms with Crippen LogP contribution in [0.3, 0.4) is 0 Å². The van der Waals surface area contributed by atoms with Crippen LogP contribution < -0.4 is 0 Å². The van der Waals surface area contributed by atoms with Crippen molar-refractivity contribution >= 4 is 5.97 Å². The van der Waals surface area contributed by atoms with Gasteiger partial charge in [0, 0.05) is 5.41 Å². The summed E-state index contributed by atoms with van der Waals surface area (Å²) in [6.07, 6.45) is 3.00. The van der Waals surface area contributed by atoms with E-state index in [1.165, 1.54) is 31.4 Å². The molecule has 24 heavy (non-hydrogen) atoms. The second-order valence-corrected chi connectivity index (χ2v) is 8.07. The minimum Gasteiger partial charge on any atom is -0.462 e. The van der Waals surface area contributed by atoms with Crippen molar-refractivity contribution in [1.29, 1.82) is 0 Å². The van der Waals surface area contributed by atoms with Crippen LogP contribution >= 0.6 is 0 Å². The van der Waals surface area contributed by atoms with Crippen LogP contribution in [0.1, 0.15) is 54.4 Å². The maximum absolute atomic E-state index is 12.6. The average Bonchev–Trinajstić information content (AvgIpc) is 2.51. The van der Waals surface area contributed by atoms with Gasteiger partial charge in [-0.15, -0.1) is 0 Å². The van der Waals surface area contributed by atoms with Crippen LogP contribution in [0.2, 0.25) is 0 Å². The number of carbonyl (C=O) groups excluding carboxylic acids is 1. The van der Waals surface area contributed by atoms with Crippen molar-refractivity contribution in [3.05, 3.63) is 35.4 Å². The largest absolute Gasteiger partial charge is 0.462 e. The Kier molecular flexibility index (Phi) is 3.66. The number of esters is 1. The molecule has 4 saturated carbocycles. The van der Waals surface area contributed by atoms with E-state index in [0.29, 0.717) is 6.61 Å². The van der Waals surface area contributed by atoms with Crippen molar-refractivity contribution in [1.82, 2.24) is 0 Å². The minimum atomic E-state index is -4.39. The fourth-order valence-electron chi connectivity index (χ4n) is 5.56. The van der Waals surface area contributed by atoms with Crippen LogP contribution in [0.4, 0.5) is 13.2 Å². The zero-order valence-corrected chi connectivity index (χ0v) is 13.4. The average molecular weight is 338 g/mol. The van der Waals surface area contributed by atoms with Gasteiger partial charge in [0.1, 0.15) is 0 Å². The number of carbonyl (C=O) groups is 1. The van der Waals surface area contributed by atoms with Crippen molar-refractivity contribution in [2.24, 2.45) is 23.2 Å². The molecule has 0 spiro atoms. The van der Waals surface area contributed by atoms with Crippen LogP contribution in [-0.4, -0.2) is 12.6 Å². The van der Waals surface area contributed by atoms with Gasteiger partial charge >= 0.3 is 12.1 Å². The highest BCUT2D eigenvalue weighted by Gasteiger charge is 2.51. The lowest BCUT2D eigenvalue weighted by Gasteiger charge is -2.56. The molecular weight excluding hydrogens is 317 g/mol. The van der Waals surface area contributed by atoms with Gasteiger partial charge in [-0.3, -0.25) is 0 Å². The molecule has 1 aromatic carbocycles. The van der Waals surface area contributed by atoms with Gasteiger partial charge < -0.3 is 4.74 Å². The first kappa shape index (κ1) is 16.0. The number of ether oxygens (including phenoxy) is 1. The predicted molar refractivity (Wildman–Crippen MR) is 82.3 cm³/mol. The molecule has 1 aromatic rings. The van der Waals surface area contributed by atoms with Crippen LogP contribution in [0, 0.1) is 23.2 Å². The molecule has 0 radical (unpaired) electrons. The lowest BCUT2D eigenvalue weighted by atomic mass is 9.50. The normalized spacial score (nSPS) is 34.4. The van der Waals surface area contributed by atoms with Gasteiger partial charge in [0.2, 0.25) is 0 Å². The van der Waals surface area contributed by atoms with Gasteiger partial charge in [0.15, 0.2) is 0 Å². The van der Waals surface area contributed by atoms with Crippen molar-refractivity contribution in [3.8, 4) is 0 Å². The van der Waals surface area contributed by atoms with E-state index in [9.17, 15) is 18.0 Å². The number of hydrogen-bond donors (Lipinski definition) is 0. The molecule has 5 heteroatoms. The van der Waals surface area contributed by atoms with E-state index < -0.39 is 17.7 Å². The number of hydrogen-bond acceptors (Lipinski definition) is 2. The SMILES string of the molecule is O=C(OCC12CC3CC(CC(C3)C1)C2)c1ccc(C(F)(F)F)cc1. The van der Waals surface area contributed by atoms with E-state index in [-0.39, 0.29) is 11.0 Å². The van der Waals surface area contributed by atoms with Crippen molar-refractivity contribution < 1.29 is 22.7 Å². The molecule has 5 rings (SSSR count). The standard InChI is InChI=1S/C19H21F3O2/c20-19(21,22)16-3-1-15(2-4-16)17(23)24-11-18-8-12-5-13(9-18)7-14(6-12)10-18/h1-4,12-14H,5-11H2. The molecule has 0 unspecified atom stereocenters. The van der Waals surface area contributed by atoms with Crippen molar-refractivity contribution in [2.75, 3.05) is 6.61 Å². The van der Waals surface area contributed by atoms with Gasteiger partial charge in [-0.25, -0.2) is 4.79 Å². The first-order chi connectivity index (χ1) is 11.3. The number of alkyl halides is 3. The lowest BCUT2D eigenvalue weighted by molar-refractivity contribution is -0.137. The molecule has 0 saturated heterocycles. The van der Waals surface area contributed by atoms with Gasteiger partial charge in [-0.05, 0) is 80.5 Å². The molecule has 130 valence electrons. The zero-order valence-electron chi connectivity index (χ0n) is 13.4. The predicted octanol–water partition coefficient (Wildman–Crippen LogP) is 5.08. The summed E-state index contributed by atoms with van der Waals surface area (Å²) < 4.78 is 43.2. The summed E-state index contributed by atoms with van der Waals surface area (Å²) >= 11 is 0. The van der Waals surface area contributed by atoms with Gasteiger partial charge in [-0.1, -0.05) is 0 Å².